The van der Waals surface area contributed by atoms with Crippen LogP contribution in [-0.2, 0) is 21.0 Å². The number of hydrogen-bond acceptors (Lipinski definition) is 6. The highest BCUT2D eigenvalue weighted by atomic mass is 32.1. The number of amides is 3. The molecule has 4 rings (SSSR count). The second-order valence-electron chi connectivity index (χ2n) is 6.26. The molecule has 3 heterocycles. The molecule has 140 valence electrons. The first-order chi connectivity index (χ1) is 13.0. The molecule has 2 unspecified atom stereocenters. The summed E-state index contributed by atoms with van der Waals surface area (Å²) in [5, 5.41) is 1.27. The topological polar surface area (TPSA) is 102 Å². The molecule has 2 atom stereocenters. The van der Waals surface area contributed by atoms with E-state index in [0.717, 1.165) is 16.9 Å². The summed E-state index contributed by atoms with van der Waals surface area (Å²) in [4.78, 5) is 44.9. The van der Waals surface area contributed by atoms with Gasteiger partial charge in [0.15, 0.2) is 6.04 Å². The van der Waals surface area contributed by atoms with Crippen molar-refractivity contribution in [2.75, 3.05) is 13.7 Å². The fourth-order valence-corrected chi connectivity index (χ4v) is 4.58. The van der Waals surface area contributed by atoms with Crippen molar-refractivity contribution in [1.29, 1.82) is 0 Å². The van der Waals surface area contributed by atoms with E-state index in [1.165, 1.54) is 17.1 Å². The zero-order valence-corrected chi connectivity index (χ0v) is 15.3. The monoisotopic (exact) mass is 387 g/mol. The van der Waals surface area contributed by atoms with E-state index in [-0.39, 0.29) is 13.2 Å². The lowest BCUT2D eigenvalue weighted by Gasteiger charge is -2.28. The number of carbonyl (C=O) groups is 3. The van der Waals surface area contributed by atoms with E-state index in [0.29, 0.717) is 15.3 Å². The van der Waals surface area contributed by atoms with Gasteiger partial charge in [-0.15, -0.1) is 11.3 Å². The number of urea groups is 1. The minimum absolute atomic E-state index is 0.210. The maximum Gasteiger partial charge on any atom is 0.345 e. The molecule has 2 N–H and O–H groups in total. The lowest BCUT2D eigenvalue weighted by atomic mass is 9.99. The summed E-state index contributed by atoms with van der Waals surface area (Å²) in [7, 11) is 1.26. The van der Waals surface area contributed by atoms with Crippen molar-refractivity contribution in [1.82, 2.24) is 9.96 Å². The minimum Gasteiger partial charge on any atom is -0.467 e. The molecule has 27 heavy (non-hydrogen) atoms. The number of esters is 1. The van der Waals surface area contributed by atoms with E-state index in [2.05, 4.69) is 0 Å². The summed E-state index contributed by atoms with van der Waals surface area (Å²) < 4.78 is 4.88. The van der Waals surface area contributed by atoms with Gasteiger partial charge in [0.1, 0.15) is 12.6 Å². The van der Waals surface area contributed by atoms with E-state index in [1.807, 2.05) is 30.3 Å². The Balaban J connectivity index is 1.68. The van der Waals surface area contributed by atoms with E-state index in [4.69, 9.17) is 15.3 Å². The van der Waals surface area contributed by atoms with Crippen LogP contribution in [0.3, 0.4) is 0 Å². The van der Waals surface area contributed by atoms with Crippen molar-refractivity contribution >= 4 is 29.2 Å². The van der Waals surface area contributed by atoms with Crippen molar-refractivity contribution in [2.45, 2.75) is 18.7 Å². The smallest absolute Gasteiger partial charge is 0.345 e. The third-order valence-corrected chi connectivity index (χ3v) is 5.90. The van der Waals surface area contributed by atoms with Gasteiger partial charge in [-0.3, -0.25) is 9.63 Å². The van der Waals surface area contributed by atoms with Gasteiger partial charge in [-0.05, 0) is 17.2 Å². The van der Waals surface area contributed by atoms with Crippen molar-refractivity contribution < 1.29 is 24.0 Å². The molecular formula is C18H17N3O5S. The van der Waals surface area contributed by atoms with Gasteiger partial charge in [0.25, 0.3) is 5.91 Å². The molecule has 8 nitrogen and oxygen atoms in total. The highest BCUT2D eigenvalue weighted by Gasteiger charge is 2.52. The van der Waals surface area contributed by atoms with Crippen LogP contribution in [0.5, 0.6) is 0 Å². The average Bonchev–Trinajstić information content (AvgIpc) is 3.23. The van der Waals surface area contributed by atoms with Crippen molar-refractivity contribution in [2.24, 2.45) is 5.73 Å². The first kappa shape index (κ1) is 17.5. The first-order valence-electron chi connectivity index (χ1n) is 8.29. The first-order valence-corrected chi connectivity index (χ1v) is 9.11. The van der Waals surface area contributed by atoms with E-state index in [9.17, 15) is 14.4 Å². The zero-order valence-electron chi connectivity index (χ0n) is 14.5. The van der Waals surface area contributed by atoms with Crippen LogP contribution in [0, 0.1) is 0 Å². The molecule has 1 saturated heterocycles. The van der Waals surface area contributed by atoms with Gasteiger partial charge in [0.2, 0.25) is 0 Å². The molecule has 1 fully saturated rings. The second kappa shape index (κ2) is 6.67. The van der Waals surface area contributed by atoms with Crippen molar-refractivity contribution in [3.8, 4) is 0 Å². The van der Waals surface area contributed by atoms with E-state index >= 15 is 0 Å². The summed E-state index contributed by atoms with van der Waals surface area (Å²) in [6.07, 6.45) is 0. The predicted molar refractivity (Wildman–Crippen MR) is 95.5 cm³/mol. The number of hydrogen-bond donors (Lipinski definition) is 1. The Kier molecular flexibility index (Phi) is 4.33. The summed E-state index contributed by atoms with van der Waals surface area (Å²) in [6.45, 7) is 0.483. The van der Waals surface area contributed by atoms with Gasteiger partial charge >= 0.3 is 12.0 Å². The number of nitrogens with two attached hydrogens (primary N) is 1. The SMILES string of the molecule is COC(=O)C1c2sc(C(N)=O)cc2C2CN1C(=O)N2OCc1ccccc1. The second-order valence-corrected chi connectivity index (χ2v) is 7.34. The molecule has 2 aromatic rings. The fourth-order valence-electron chi connectivity index (χ4n) is 3.40. The third-order valence-electron chi connectivity index (χ3n) is 4.68. The lowest BCUT2D eigenvalue weighted by Crippen LogP contribution is -2.38. The number of methoxy groups -OCH3 is 1. The molecule has 1 aromatic carbocycles. The van der Waals surface area contributed by atoms with Gasteiger partial charge in [-0.2, -0.15) is 5.06 Å². The largest absolute Gasteiger partial charge is 0.467 e. The summed E-state index contributed by atoms with van der Waals surface area (Å²) >= 11 is 1.11. The summed E-state index contributed by atoms with van der Waals surface area (Å²) in [6, 6.07) is 9.36. The highest BCUT2D eigenvalue weighted by Crippen LogP contribution is 2.47. The standard InChI is InChI=1S/C18H17N3O5S/c1-25-17(23)14-15-11(7-13(27-15)16(19)22)12-8-20(14)18(24)21(12)26-9-10-5-3-2-4-6-10/h2-7,12,14H,8-9H2,1H3,(H2,19,22). The Morgan fingerprint density at radius 3 is 2.70 bits per heavy atom. The maximum absolute atomic E-state index is 12.9. The Morgan fingerprint density at radius 1 is 1.30 bits per heavy atom. The maximum atomic E-state index is 12.9. The van der Waals surface area contributed by atoms with E-state index in [1.54, 1.807) is 6.07 Å². The van der Waals surface area contributed by atoms with Crippen LogP contribution >= 0.6 is 11.3 Å². The number of thiophene rings is 1. The molecule has 9 heteroatoms. The summed E-state index contributed by atoms with van der Waals surface area (Å²) in [5.74, 6) is -1.14. The van der Waals surface area contributed by atoms with E-state index < -0.39 is 30.0 Å². The number of rotatable bonds is 5. The average molecular weight is 387 g/mol. The van der Waals surface area contributed by atoms with Crippen LogP contribution in [0.4, 0.5) is 4.79 Å². The number of primary amides is 1. The van der Waals surface area contributed by atoms with Crippen LogP contribution < -0.4 is 5.73 Å². The van der Waals surface area contributed by atoms with Crippen molar-refractivity contribution in [3.05, 3.63) is 57.3 Å². The molecule has 2 aliphatic rings. The van der Waals surface area contributed by atoms with Gasteiger partial charge in [0.05, 0.1) is 18.5 Å². The minimum atomic E-state index is -0.905. The number of nitrogens with zero attached hydrogens (tertiary/aromatic N) is 2. The lowest BCUT2D eigenvalue weighted by molar-refractivity contribution is -0.146. The number of fused-ring (bicyclic) bond motifs is 4. The molecule has 3 amide bonds. The Morgan fingerprint density at radius 2 is 2.04 bits per heavy atom. The number of hydroxylamine groups is 2. The quantitative estimate of drug-likeness (QED) is 0.791. The molecule has 1 aromatic heterocycles. The third kappa shape index (κ3) is 2.84. The predicted octanol–water partition coefficient (Wildman–Crippen LogP) is 1.99. The molecule has 0 saturated carbocycles. The Labute approximate surface area is 159 Å². The van der Waals surface area contributed by atoms with Gasteiger partial charge in [-0.25, -0.2) is 9.59 Å². The molecule has 0 aliphatic carbocycles. The number of benzene rings is 1. The molecule has 2 aliphatic heterocycles. The molecule has 0 spiro atoms. The number of ether oxygens (including phenoxy) is 1. The fraction of sp³-hybridized carbons (Fsp3) is 0.278. The zero-order chi connectivity index (χ0) is 19.1. The molecule has 2 bridgehead atoms. The molecule has 0 radical (unpaired) electrons. The normalized spacial score (nSPS) is 20.6. The highest BCUT2D eigenvalue weighted by molar-refractivity contribution is 7.14. The van der Waals surface area contributed by atoms with Crippen LogP contribution in [0.1, 0.15) is 37.8 Å². The van der Waals surface area contributed by atoms with Crippen LogP contribution in [0.2, 0.25) is 0 Å². The van der Waals surface area contributed by atoms with Crippen LogP contribution in [0.15, 0.2) is 36.4 Å². The van der Waals surface area contributed by atoms with Gasteiger partial charge in [0, 0.05) is 4.88 Å². The van der Waals surface area contributed by atoms with Crippen LogP contribution in [-0.4, -0.2) is 41.5 Å². The van der Waals surface area contributed by atoms with Gasteiger partial charge in [-0.1, -0.05) is 30.3 Å². The van der Waals surface area contributed by atoms with Gasteiger partial charge < -0.3 is 15.4 Å². The Hall–Kier alpha value is -2.91. The van der Waals surface area contributed by atoms with Crippen molar-refractivity contribution in [3.63, 3.8) is 0 Å². The number of carbonyl (C=O) groups excluding carboxylic acids is 3. The van der Waals surface area contributed by atoms with Crippen LogP contribution in [0.25, 0.3) is 0 Å². The molecular weight excluding hydrogens is 370 g/mol. The summed E-state index contributed by atoms with van der Waals surface area (Å²) in [5.41, 5.74) is 7.01. The Bertz CT molecular complexity index is 913.